The van der Waals surface area contributed by atoms with Crippen LogP contribution in [0.5, 0.6) is 0 Å². The lowest BCUT2D eigenvalue weighted by Crippen LogP contribution is -2.39. The summed E-state index contributed by atoms with van der Waals surface area (Å²) in [6, 6.07) is 10.4. The van der Waals surface area contributed by atoms with Gasteiger partial charge in [-0.15, -0.1) is 11.3 Å². The van der Waals surface area contributed by atoms with Crippen LogP contribution in [-0.2, 0) is 25.0 Å². The van der Waals surface area contributed by atoms with Crippen molar-refractivity contribution >= 4 is 33.0 Å². The van der Waals surface area contributed by atoms with Crippen LogP contribution in [0.4, 0.5) is 5.69 Å². The highest BCUT2D eigenvalue weighted by molar-refractivity contribution is 7.94. The van der Waals surface area contributed by atoms with E-state index in [0.29, 0.717) is 12.2 Å². The molecule has 0 spiro atoms. The van der Waals surface area contributed by atoms with Gasteiger partial charge in [0.15, 0.2) is 0 Å². The molecule has 2 heterocycles. The molecule has 2 aromatic rings. The fraction of sp³-hybridized carbons (Fsp3) is 0.476. The molecule has 1 aliphatic heterocycles. The maximum Gasteiger partial charge on any atom is 0.271 e. The van der Waals surface area contributed by atoms with Crippen molar-refractivity contribution in [2.24, 2.45) is 0 Å². The Balaban J connectivity index is 1.30. The van der Waals surface area contributed by atoms with Gasteiger partial charge in [-0.3, -0.25) is 14.4 Å². The second kappa shape index (κ2) is 9.05. The van der Waals surface area contributed by atoms with Gasteiger partial charge in [0.1, 0.15) is 4.21 Å². The average molecular weight is 450 g/mol. The predicted molar refractivity (Wildman–Crippen MR) is 117 cm³/mol. The summed E-state index contributed by atoms with van der Waals surface area (Å²) in [5.74, 6) is 0.0661. The largest absolute Gasteiger partial charge is 0.379 e. The molecule has 0 atom stereocenters. The maximum absolute atomic E-state index is 12.8. The summed E-state index contributed by atoms with van der Waals surface area (Å²) in [7, 11) is -3.57. The normalized spacial score (nSPS) is 18.7. The number of amides is 1. The third-order valence-corrected chi connectivity index (χ3v) is 8.45. The van der Waals surface area contributed by atoms with E-state index in [1.165, 1.54) is 11.3 Å². The van der Waals surface area contributed by atoms with Gasteiger partial charge < -0.3 is 10.1 Å². The van der Waals surface area contributed by atoms with Crippen molar-refractivity contribution in [3.05, 3.63) is 47.3 Å². The van der Waals surface area contributed by atoms with Crippen LogP contribution in [0.15, 0.2) is 46.0 Å². The summed E-state index contributed by atoms with van der Waals surface area (Å²) in [4.78, 5) is 15.2. The highest BCUT2D eigenvalue weighted by Gasteiger charge is 2.51. The van der Waals surface area contributed by atoms with E-state index >= 15 is 0 Å². The summed E-state index contributed by atoms with van der Waals surface area (Å²) >= 11 is 1.18. The van der Waals surface area contributed by atoms with Crippen LogP contribution in [0.3, 0.4) is 0 Å². The van der Waals surface area contributed by atoms with Gasteiger partial charge in [0.05, 0.1) is 18.6 Å². The highest BCUT2D eigenvalue weighted by atomic mass is 32.2. The molecule has 1 amide bonds. The molecule has 2 N–H and O–H groups in total. The summed E-state index contributed by atoms with van der Waals surface area (Å²) in [6.07, 6.45) is 2.57. The number of thiophene rings is 1. The third kappa shape index (κ3) is 4.85. The maximum atomic E-state index is 12.8. The van der Waals surface area contributed by atoms with E-state index in [1.54, 1.807) is 29.6 Å². The molecule has 1 aliphatic carbocycles. The lowest BCUT2D eigenvalue weighted by atomic mass is 9.95. The van der Waals surface area contributed by atoms with Crippen molar-refractivity contribution in [1.29, 1.82) is 0 Å². The van der Waals surface area contributed by atoms with Crippen molar-refractivity contribution < 1.29 is 17.9 Å². The van der Waals surface area contributed by atoms with Crippen LogP contribution < -0.4 is 10.0 Å². The molecular weight excluding hydrogens is 422 g/mol. The molecule has 1 aromatic heterocycles. The number of ether oxygens (including phenoxy) is 1. The first-order valence-corrected chi connectivity index (χ1v) is 12.6. The number of hydrogen-bond donors (Lipinski definition) is 2. The Labute approximate surface area is 181 Å². The SMILES string of the molecule is O=C(NCCCN1CCOCC1)C1(c2ccc(NS(=O)(=O)c3cccs3)cc2)CC1. The molecule has 0 radical (unpaired) electrons. The van der Waals surface area contributed by atoms with E-state index in [4.69, 9.17) is 4.74 Å². The minimum Gasteiger partial charge on any atom is -0.379 e. The van der Waals surface area contributed by atoms with E-state index in [2.05, 4.69) is 14.9 Å². The van der Waals surface area contributed by atoms with Crippen molar-refractivity contribution in [2.75, 3.05) is 44.1 Å². The summed E-state index contributed by atoms with van der Waals surface area (Å²) in [5, 5.41) is 4.82. The molecule has 4 rings (SSSR count). The number of nitrogens with one attached hydrogen (secondary N) is 2. The van der Waals surface area contributed by atoms with Crippen LogP contribution >= 0.6 is 11.3 Å². The van der Waals surface area contributed by atoms with E-state index in [1.807, 2.05) is 12.1 Å². The molecule has 0 bridgehead atoms. The Morgan fingerprint density at radius 3 is 2.50 bits per heavy atom. The van der Waals surface area contributed by atoms with Gasteiger partial charge in [0, 0.05) is 25.3 Å². The summed E-state index contributed by atoms with van der Waals surface area (Å²) in [5.41, 5.74) is 0.963. The molecule has 1 saturated carbocycles. The van der Waals surface area contributed by atoms with Crippen LogP contribution in [0, 0.1) is 0 Å². The monoisotopic (exact) mass is 449 g/mol. The van der Waals surface area contributed by atoms with Crippen molar-refractivity contribution in [3.63, 3.8) is 0 Å². The fourth-order valence-corrected chi connectivity index (χ4v) is 5.80. The zero-order chi connectivity index (χ0) is 21.0. The van der Waals surface area contributed by atoms with Gasteiger partial charge in [-0.1, -0.05) is 18.2 Å². The first-order valence-electron chi connectivity index (χ1n) is 10.2. The fourth-order valence-electron chi connectivity index (χ4n) is 3.75. The Kier molecular flexibility index (Phi) is 6.43. The van der Waals surface area contributed by atoms with Gasteiger partial charge >= 0.3 is 0 Å². The molecule has 7 nitrogen and oxygen atoms in total. The zero-order valence-corrected chi connectivity index (χ0v) is 18.4. The summed E-state index contributed by atoms with van der Waals surface area (Å²) in [6.45, 7) is 5.12. The standard InChI is InChI=1S/C21H27N3O4S2/c25-20(22-10-2-11-24-12-14-28-15-13-24)21(8-9-21)17-4-6-18(7-5-17)23-30(26,27)19-3-1-16-29-19/h1,3-7,16,23H,2,8-15H2,(H,22,25). The number of anilines is 1. The minimum atomic E-state index is -3.57. The zero-order valence-electron chi connectivity index (χ0n) is 16.8. The van der Waals surface area contributed by atoms with Crippen molar-refractivity contribution in [3.8, 4) is 0 Å². The number of nitrogens with zero attached hydrogens (tertiary/aromatic N) is 1. The number of rotatable bonds is 9. The quantitative estimate of drug-likeness (QED) is 0.574. The summed E-state index contributed by atoms with van der Waals surface area (Å²) < 4.78 is 32.9. The number of morpholine rings is 1. The molecule has 0 unspecified atom stereocenters. The second-order valence-corrected chi connectivity index (χ2v) is 10.6. The number of carbonyl (C=O) groups is 1. The Morgan fingerprint density at radius 1 is 1.13 bits per heavy atom. The first-order chi connectivity index (χ1) is 14.5. The third-order valence-electron chi connectivity index (χ3n) is 5.67. The second-order valence-electron chi connectivity index (χ2n) is 7.76. The highest BCUT2D eigenvalue weighted by Crippen LogP contribution is 2.48. The van der Waals surface area contributed by atoms with Gasteiger partial charge in [-0.2, -0.15) is 0 Å². The molecule has 1 aromatic carbocycles. The smallest absolute Gasteiger partial charge is 0.271 e. The molecule has 1 saturated heterocycles. The number of hydrogen-bond acceptors (Lipinski definition) is 6. The van der Waals surface area contributed by atoms with Crippen LogP contribution in [0.2, 0.25) is 0 Å². The van der Waals surface area contributed by atoms with Crippen LogP contribution in [0.1, 0.15) is 24.8 Å². The topological polar surface area (TPSA) is 87.7 Å². The Hall–Kier alpha value is -1.94. The number of sulfonamides is 1. The van der Waals surface area contributed by atoms with E-state index < -0.39 is 15.4 Å². The van der Waals surface area contributed by atoms with E-state index in [-0.39, 0.29) is 10.1 Å². The minimum absolute atomic E-state index is 0.0661. The van der Waals surface area contributed by atoms with Crippen LogP contribution in [0.25, 0.3) is 0 Å². The molecular formula is C21H27N3O4S2. The van der Waals surface area contributed by atoms with Crippen LogP contribution in [-0.4, -0.2) is 58.6 Å². The Morgan fingerprint density at radius 2 is 1.87 bits per heavy atom. The number of carbonyl (C=O) groups excluding carboxylic acids is 1. The number of benzene rings is 1. The molecule has 2 aliphatic rings. The average Bonchev–Trinajstić information content (AvgIpc) is 3.36. The molecule has 9 heteroatoms. The molecule has 2 fully saturated rings. The molecule has 30 heavy (non-hydrogen) atoms. The first kappa shape index (κ1) is 21.3. The van der Waals surface area contributed by atoms with Gasteiger partial charge in [-0.05, 0) is 54.9 Å². The van der Waals surface area contributed by atoms with E-state index in [9.17, 15) is 13.2 Å². The van der Waals surface area contributed by atoms with Crippen molar-refractivity contribution in [1.82, 2.24) is 10.2 Å². The van der Waals surface area contributed by atoms with Gasteiger partial charge in [0.25, 0.3) is 10.0 Å². The predicted octanol–water partition coefficient (Wildman–Crippen LogP) is 2.42. The van der Waals surface area contributed by atoms with E-state index in [0.717, 1.165) is 57.7 Å². The lowest BCUT2D eigenvalue weighted by molar-refractivity contribution is -0.123. The van der Waals surface area contributed by atoms with Gasteiger partial charge in [0.2, 0.25) is 5.91 Å². The molecule has 162 valence electrons. The van der Waals surface area contributed by atoms with Crippen molar-refractivity contribution in [2.45, 2.75) is 28.9 Å². The lowest BCUT2D eigenvalue weighted by Gasteiger charge is -2.26. The Bertz CT molecular complexity index is 949. The van der Waals surface area contributed by atoms with Gasteiger partial charge in [-0.25, -0.2) is 8.42 Å².